The van der Waals surface area contributed by atoms with Crippen LogP contribution < -0.4 is 5.73 Å². The van der Waals surface area contributed by atoms with E-state index in [1.54, 1.807) is 30.3 Å². The number of H-pyrrole nitrogens is 1. The maximum atomic E-state index is 13.9. The topological polar surface area (TPSA) is 54.7 Å². The lowest BCUT2D eigenvalue weighted by molar-refractivity contribution is 0.630. The van der Waals surface area contributed by atoms with Crippen molar-refractivity contribution in [2.45, 2.75) is 0 Å². The number of anilines is 1. The van der Waals surface area contributed by atoms with Crippen molar-refractivity contribution in [2.24, 2.45) is 0 Å². The fourth-order valence-electron chi connectivity index (χ4n) is 1.84. The number of imidazole rings is 1. The van der Waals surface area contributed by atoms with E-state index in [1.165, 1.54) is 6.07 Å². The summed E-state index contributed by atoms with van der Waals surface area (Å²) in [5, 5.41) is 0.0764. The Kier molecular flexibility index (Phi) is 2.45. The van der Waals surface area contributed by atoms with E-state index < -0.39 is 5.82 Å². The van der Waals surface area contributed by atoms with Gasteiger partial charge in [-0.15, -0.1) is 0 Å². The molecular formula is C13H9ClFN3. The number of benzene rings is 2. The minimum absolute atomic E-state index is 0.0764. The number of nitrogens with zero attached hydrogens (tertiary/aromatic N) is 1. The molecule has 0 saturated carbocycles. The molecule has 3 N–H and O–H groups in total. The molecule has 5 heteroatoms. The summed E-state index contributed by atoms with van der Waals surface area (Å²) >= 11 is 5.75. The van der Waals surface area contributed by atoms with Crippen LogP contribution in [0.15, 0.2) is 36.4 Å². The third-order valence-corrected chi connectivity index (χ3v) is 3.00. The highest BCUT2D eigenvalue weighted by Crippen LogP contribution is 2.27. The number of rotatable bonds is 1. The van der Waals surface area contributed by atoms with Crippen LogP contribution in [0.1, 0.15) is 0 Å². The van der Waals surface area contributed by atoms with Gasteiger partial charge in [0.05, 0.1) is 21.6 Å². The Morgan fingerprint density at radius 3 is 2.89 bits per heavy atom. The zero-order valence-corrected chi connectivity index (χ0v) is 10.0. The normalized spacial score (nSPS) is 11.0. The van der Waals surface area contributed by atoms with Gasteiger partial charge >= 0.3 is 0 Å². The van der Waals surface area contributed by atoms with Crippen molar-refractivity contribution in [3.63, 3.8) is 0 Å². The van der Waals surface area contributed by atoms with Crippen LogP contribution >= 0.6 is 11.6 Å². The second-order valence-corrected chi connectivity index (χ2v) is 4.37. The van der Waals surface area contributed by atoms with Crippen LogP contribution in [0, 0.1) is 5.82 Å². The maximum Gasteiger partial charge on any atom is 0.152 e. The second kappa shape index (κ2) is 3.99. The largest absolute Gasteiger partial charge is 0.399 e. The predicted molar refractivity (Wildman–Crippen MR) is 70.9 cm³/mol. The Hall–Kier alpha value is -2.07. The number of halogens is 2. The number of aromatic nitrogens is 2. The highest BCUT2D eigenvalue weighted by molar-refractivity contribution is 6.31. The van der Waals surface area contributed by atoms with Gasteiger partial charge in [0, 0.05) is 5.69 Å². The molecule has 1 heterocycles. The Balaban J connectivity index is 2.22. The highest BCUT2D eigenvalue weighted by Gasteiger charge is 2.12. The highest BCUT2D eigenvalue weighted by atomic mass is 35.5. The summed E-state index contributed by atoms with van der Waals surface area (Å²) in [6.07, 6.45) is 0. The molecule has 0 radical (unpaired) electrons. The molecule has 0 aliphatic carbocycles. The Morgan fingerprint density at radius 1 is 1.22 bits per heavy atom. The molecule has 3 aromatic rings. The van der Waals surface area contributed by atoms with Crippen LogP contribution in [0.2, 0.25) is 5.02 Å². The van der Waals surface area contributed by atoms with E-state index in [0.29, 0.717) is 17.1 Å². The summed E-state index contributed by atoms with van der Waals surface area (Å²) in [6.45, 7) is 0. The molecule has 0 aliphatic rings. The van der Waals surface area contributed by atoms with Crippen molar-refractivity contribution in [3.05, 3.63) is 47.2 Å². The van der Waals surface area contributed by atoms with E-state index >= 15 is 0 Å². The van der Waals surface area contributed by atoms with E-state index in [1.807, 2.05) is 0 Å². The van der Waals surface area contributed by atoms with Gasteiger partial charge in [-0.2, -0.15) is 0 Å². The third-order valence-electron chi connectivity index (χ3n) is 2.71. The molecule has 0 unspecified atom stereocenters. The van der Waals surface area contributed by atoms with E-state index in [-0.39, 0.29) is 5.02 Å². The van der Waals surface area contributed by atoms with E-state index in [4.69, 9.17) is 17.3 Å². The van der Waals surface area contributed by atoms with E-state index in [2.05, 4.69) is 9.97 Å². The lowest BCUT2D eigenvalue weighted by atomic mass is 10.2. The molecule has 1 aromatic heterocycles. The first-order valence-electron chi connectivity index (χ1n) is 5.35. The Morgan fingerprint density at radius 2 is 2.06 bits per heavy atom. The zero-order valence-electron chi connectivity index (χ0n) is 9.24. The molecule has 0 aliphatic heterocycles. The van der Waals surface area contributed by atoms with E-state index in [0.717, 1.165) is 11.0 Å². The maximum absolute atomic E-state index is 13.9. The third kappa shape index (κ3) is 1.71. The quantitative estimate of drug-likeness (QED) is 0.658. The van der Waals surface area contributed by atoms with Crippen molar-refractivity contribution in [3.8, 4) is 11.4 Å². The van der Waals surface area contributed by atoms with Crippen LogP contribution in [0.3, 0.4) is 0 Å². The van der Waals surface area contributed by atoms with Gasteiger partial charge in [0.15, 0.2) is 5.82 Å². The van der Waals surface area contributed by atoms with Gasteiger partial charge < -0.3 is 10.7 Å². The molecule has 3 nitrogen and oxygen atoms in total. The first kappa shape index (κ1) is 11.0. The van der Waals surface area contributed by atoms with Crippen LogP contribution in [-0.4, -0.2) is 9.97 Å². The number of nitrogens with one attached hydrogen (secondary N) is 1. The standard InChI is InChI=1S/C13H9ClFN3/c14-9-3-1-2-8(12(9)15)13-17-10-5-4-7(16)6-11(10)18-13/h1-6H,16H2,(H,17,18). The predicted octanol–water partition coefficient (Wildman–Crippen LogP) is 3.60. The van der Waals surface area contributed by atoms with Gasteiger partial charge in [-0.25, -0.2) is 9.37 Å². The fourth-order valence-corrected chi connectivity index (χ4v) is 2.02. The molecule has 0 amide bonds. The van der Waals surface area contributed by atoms with Gasteiger partial charge in [-0.3, -0.25) is 0 Å². The summed E-state index contributed by atoms with van der Waals surface area (Å²) in [5.74, 6) is -0.0400. The monoisotopic (exact) mass is 261 g/mol. The van der Waals surface area contributed by atoms with Crippen LogP contribution in [0.4, 0.5) is 10.1 Å². The number of fused-ring (bicyclic) bond motifs is 1. The zero-order chi connectivity index (χ0) is 12.7. The van der Waals surface area contributed by atoms with Crippen LogP contribution in [0.5, 0.6) is 0 Å². The lowest BCUT2D eigenvalue weighted by Crippen LogP contribution is -1.87. The molecule has 3 rings (SSSR count). The van der Waals surface area contributed by atoms with Gasteiger partial charge in [-0.1, -0.05) is 17.7 Å². The van der Waals surface area contributed by atoms with Gasteiger partial charge in [0.2, 0.25) is 0 Å². The van der Waals surface area contributed by atoms with E-state index in [9.17, 15) is 4.39 Å². The summed E-state index contributed by atoms with van der Waals surface area (Å²) in [4.78, 5) is 7.35. The summed E-state index contributed by atoms with van der Waals surface area (Å²) in [6, 6.07) is 10.1. The minimum atomic E-state index is -0.480. The van der Waals surface area contributed by atoms with Crippen molar-refractivity contribution in [2.75, 3.05) is 5.73 Å². The molecule has 0 saturated heterocycles. The SMILES string of the molecule is Nc1ccc2nc(-c3cccc(Cl)c3F)[nH]c2c1. The summed E-state index contributed by atoms with van der Waals surface area (Å²) < 4.78 is 13.9. The first-order chi connectivity index (χ1) is 8.65. The molecule has 0 atom stereocenters. The first-order valence-corrected chi connectivity index (χ1v) is 5.72. The van der Waals surface area contributed by atoms with Crippen LogP contribution in [0.25, 0.3) is 22.4 Å². The number of nitrogen functional groups attached to an aromatic ring is 1. The summed E-state index contributed by atoms with van der Waals surface area (Å²) in [5.41, 5.74) is 8.16. The Bertz CT molecular complexity index is 736. The van der Waals surface area contributed by atoms with Crippen molar-refractivity contribution < 1.29 is 4.39 Å². The van der Waals surface area contributed by atoms with Crippen molar-refractivity contribution >= 4 is 28.3 Å². The van der Waals surface area contributed by atoms with Gasteiger partial charge in [0.1, 0.15) is 5.82 Å². The van der Waals surface area contributed by atoms with Crippen molar-refractivity contribution in [1.82, 2.24) is 9.97 Å². The van der Waals surface area contributed by atoms with Gasteiger partial charge in [-0.05, 0) is 30.3 Å². The summed E-state index contributed by atoms with van der Waals surface area (Å²) in [7, 11) is 0. The number of hydrogen-bond acceptors (Lipinski definition) is 2. The second-order valence-electron chi connectivity index (χ2n) is 3.96. The van der Waals surface area contributed by atoms with Gasteiger partial charge in [0.25, 0.3) is 0 Å². The average molecular weight is 262 g/mol. The molecule has 0 spiro atoms. The minimum Gasteiger partial charge on any atom is -0.399 e. The number of nitrogens with two attached hydrogens (primary N) is 1. The number of hydrogen-bond donors (Lipinski definition) is 2. The lowest BCUT2D eigenvalue weighted by Gasteiger charge is -2.00. The molecular weight excluding hydrogens is 253 g/mol. The van der Waals surface area contributed by atoms with Crippen molar-refractivity contribution in [1.29, 1.82) is 0 Å². The number of aromatic amines is 1. The molecule has 18 heavy (non-hydrogen) atoms. The fraction of sp³-hybridized carbons (Fsp3) is 0. The molecule has 2 aromatic carbocycles. The Labute approximate surface area is 107 Å². The average Bonchev–Trinajstić information content (AvgIpc) is 2.75. The molecule has 90 valence electrons. The molecule has 0 fully saturated rings. The smallest absolute Gasteiger partial charge is 0.152 e. The molecule has 0 bridgehead atoms. The van der Waals surface area contributed by atoms with Crippen LogP contribution in [-0.2, 0) is 0 Å².